The largest absolute Gasteiger partial charge is 0.486 e. The Morgan fingerprint density at radius 2 is 1.84 bits per heavy atom. The molecule has 0 saturated carbocycles. The highest BCUT2D eigenvalue weighted by Crippen LogP contribution is 2.34. The number of fused-ring (bicyclic) bond motifs is 1. The van der Waals surface area contributed by atoms with Crippen molar-refractivity contribution in [3.63, 3.8) is 0 Å². The first-order valence-corrected chi connectivity index (χ1v) is 11.3. The first kappa shape index (κ1) is 22.5. The van der Waals surface area contributed by atoms with E-state index >= 15 is 0 Å². The maximum absolute atomic E-state index is 12.9. The zero-order valence-corrected chi connectivity index (χ0v) is 20.4. The normalized spacial score (nSPS) is 11.4. The average molecular weight is 531 g/mol. The van der Waals surface area contributed by atoms with Gasteiger partial charge in [-0.15, -0.1) is 0 Å². The van der Waals surface area contributed by atoms with E-state index < -0.39 is 0 Å². The van der Waals surface area contributed by atoms with Crippen molar-refractivity contribution >= 4 is 56.2 Å². The number of halogens is 3. The van der Waals surface area contributed by atoms with Crippen molar-refractivity contribution in [2.45, 2.75) is 20.5 Å². The van der Waals surface area contributed by atoms with Gasteiger partial charge in [0.15, 0.2) is 5.75 Å². The van der Waals surface area contributed by atoms with Gasteiger partial charge in [0.2, 0.25) is 0 Å². The maximum Gasteiger partial charge on any atom is 0.282 e. The van der Waals surface area contributed by atoms with E-state index in [9.17, 15) is 4.79 Å². The molecule has 1 heterocycles. The summed E-state index contributed by atoms with van der Waals surface area (Å²) >= 11 is 16.2. The van der Waals surface area contributed by atoms with Gasteiger partial charge in [-0.2, -0.15) is 9.78 Å². The Morgan fingerprint density at radius 3 is 2.56 bits per heavy atom. The third kappa shape index (κ3) is 4.88. The molecule has 0 atom stereocenters. The second kappa shape index (κ2) is 9.45. The van der Waals surface area contributed by atoms with Gasteiger partial charge in [0.1, 0.15) is 12.4 Å². The van der Waals surface area contributed by atoms with Gasteiger partial charge in [-0.25, -0.2) is 4.98 Å². The molecule has 0 aliphatic rings. The molecule has 0 aliphatic carbocycles. The number of nitrogens with zero attached hydrogens (tertiary/aromatic N) is 3. The highest BCUT2D eigenvalue weighted by atomic mass is 79.9. The molecule has 162 valence electrons. The summed E-state index contributed by atoms with van der Waals surface area (Å²) < 4.78 is 7.89. The first-order valence-electron chi connectivity index (χ1n) is 9.72. The van der Waals surface area contributed by atoms with Crippen LogP contribution in [0.4, 0.5) is 0 Å². The highest BCUT2D eigenvalue weighted by molar-refractivity contribution is 9.10. The van der Waals surface area contributed by atoms with E-state index in [0.29, 0.717) is 44.7 Å². The SMILES string of the molecule is Cc1cccc(COc2c(Cl)cc(C=Nn3c(C)nc4ccc(Br)cc4c3=O)cc2Cl)c1. The molecule has 0 saturated heterocycles. The topological polar surface area (TPSA) is 56.5 Å². The molecule has 0 N–H and O–H groups in total. The van der Waals surface area contributed by atoms with Gasteiger partial charge >= 0.3 is 0 Å². The summed E-state index contributed by atoms with van der Waals surface area (Å²) in [5.41, 5.74) is 3.15. The Labute approximate surface area is 203 Å². The summed E-state index contributed by atoms with van der Waals surface area (Å²) in [5, 5.41) is 5.50. The van der Waals surface area contributed by atoms with Gasteiger partial charge in [-0.05, 0) is 55.3 Å². The summed E-state index contributed by atoms with van der Waals surface area (Å²) in [6.07, 6.45) is 1.52. The quantitative estimate of drug-likeness (QED) is 0.275. The minimum Gasteiger partial charge on any atom is -0.486 e. The van der Waals surface area contributed by atoms with Crippen LogP contribution in [0.3, 0.4) is 0 Å². The second-order valence-corrected chi connectivity index (χ2v) is 9.00. The predicted octanol–water partition coefficient (Wildman–Crippen LogP) is 6.54. The number of benzene rings is 3. The van der Waals surface area contributed by atoms with Gasteiger partial charge in [-0.1, -0.05) is 69.0 Å². The average Bonchev–Trinajstić information content (AvgIpc) is 2.74. The van der Waals surface area contributed by atoms with Gasteiger partial charge < -0.3 is 4.74 Å². The fourth-order valence-corrected chi connectivity index (χ4v) is 4.24. The van der Waals surface area contributed by atoms with Gasteiger partial charge in [0, 0.05) is 4.47 Å². The Bertz CT molecular complexity index is 1390. The Morgan fingerprint density at radius 1 is 1.09 bits per heavy atom. The van der Waals surface area contributed by atoms with Crippen molar-refractivity contribution in [1.29, 1.82) is 0 Å². The van der Waals surface area contributed by atoms with E-state index in [-0.39, 0.29) is 5.56 Å². The van der Waals surface area contributed by atoms with Crippen LogP contribution in [-0.2, 0) is 6.61 Å². The minimum atomic E-state index is -0.264. The zero-order valence-electron chi connectivity index (χ0n) is 17.3. The standard InChI is InChI=1S/C24H18BrCl2N3O2/c1-14-4-3-5-16(8-14)13-32-23-20(26)9-17(10-21(23)27)12-28-30-15(2)29-22-7-6-18(25)11-19(22)24(30)31/h3-12H,13H2,1-2H3. The summed E-state index contributed by atoms with van der Waals surface area (Å²) in [5.74, 6) is 0.869. The fraction of sp³-hybridized carbons (Fsp3) is 0.125. The van der Waals surface area contributed by atoms with Crippen LogP contribution in [-0.4, -0.2) is 15.9 Å². The molecular weight excluding hydrogens is 513 g/mol. The molecule has 0 bridgehead atoms. The molecule has 3 aromatic carbocycles. The number of aromatic nitrogens is 2. The van der Waals surface area contributed by atoms with E-state index in [2.05, 4.69) is 26.0 Å². The zero-order chi connectivity index (χ0) is 22.8. The van der Waals surface area contributed by atoms with Crippen LogP contribution in [0.15, 0.2) is 69.0 Å². The molecule has 4 aromatic rings. The number of hydrogen-bond donors (Lipinski definition) is 0. The van der Waals surface area contributed by atoms with E-state index in [1.165, 1.54) is 10.9 Å². The number of ether oxygens (including phenoxy) is 1. The summed E-state index contributed by atoms with van der Waals surface area (Å²) in [6, 6.07) is 16.7. The van der Waals surface area contributed by atoms with Crippen LogP contribution in [0.1, 0.15) is 22.5 Å². The molecular formula is C24H18BrCl2N3O2. The lowest BCUT2D eigenvalue weighted by Crippen LogP contribution is -2.20. The number of rotatable bonds is 5. The Balaban J connectivity index is 1.61. The van der Waals surface area contributed by atoms with Crippen LogP contribution in [0.2, 0.25) is 10.0 Å². The van der Waals surface area contributed by atoms with Crippen molar-refractivity contribution in [2.24, 2.45) is 5.10 Å². The van der Waals surface area contributed by atoms with Crippen LogP contribution < -0.4 is 10.3 Å². The van der Waals surface area contributed by atoms with Gasteiger partial charge in [0.05, 0.1) is 27.2 Å². The number of aryl methyl sites for hydroxylation is 2. The highest BCUT2D eigenvalue weighted by Gasteiger charge is 2.11. The lowest BCUT2D eigenvalue weighted by atomic mass is 10.1. The lowest BCUT2D eigenvalue weighted by molar-refractivity contribution is 0.306. The van der Waals surface area contributed by atoms with Crippen molar-refractivity contribution in [2.75, 3.05) is 0 Å². The molecule has 0 amide bonds. The number of hydrogen-bond acceptors (Lipinski definition) is 4. The van der Waals surface area contributed by atoms with Gasteiger partial charge in [-0.3, -0.25) is 4.79 Å². The van der Waals surface area contributed by atoms with Crippen LogP contribution in [0.5, 0.6) is 5.75 Å². The summed E-state index contributed by atoms with van der Waals surface area (Å²) in [4.78, 5) is 17.3. The lowest BCUT2D eigenvalue weighted by Gasteiger charge is -2.11. The molecule has 1 aromatic heterocycles. The van der Waals surface area contributed by atoms with Crippen LogP contribution >= 0.6 is 39.1 Å². The van der Waals surface area contributed by atoms with E-state index in [1.807, 2.05) is 37.3 Å². The molecule has 8 heteroatoms. The van der Waals surface area contributed by atoms with Crippen LogP contribution in [0, 0.1) is 13.8 Å². The molecule has 0 unspecified atom stereocenters. The Hall–Kier alpha value is -2.67. The monoisotopic (exact) mass is 529 g/mol. The van der Waals surface area contributed by atoms with E-state index in [0.717, 1.165) is 15.6 Å². The van der Waals surface area contributed by atoms with Crippen molar-refractivity contribution in [1.82, 2.24) is 9.66 Å². The van der Waals surface area contributed by atoms with Gasteiger partial charge in [0.25, 0.3) is 5.56 Å². The third-order valence-electron chi connectivity index (χ3n) is 4.78. The minimum absolute atomic E-state index is 0.264. The van der Waals surface area contributed by atoms with Crippen molar-refractivity contribution in [3.05, 3.63) is 102 Å². The molecule has 5 nitrogen and oxygen atoms in total. The molecule has 0 fully saturated rings. The van der Waals surface area contributed by atoms with E-state index in [1.54, 1.807) is 31.2 Å². The molecule has 0 spiro atoms. The van der Waals surface area contributed by atoms with Crippen molar-refractivity contribution < 1.29 is 4.74 Å². The smallest absolute Gasteiger partial charge is 0.282 e. The molecule has 0 aliphatic heterocycles. The maximum atomic E-state index is 12.9. The fourth-order valence-electron chi connectivity index (χ4n) is 3.27. The predicted molar refractivity (Wildman–Crippen MR) is 133 cm³/mol. The van der Waals surface area contributed by atoms with Crippen molar-refractivity contribution in [3.8, 4) is 5.75 Å². The molecule has 0 radical (unpaired) electrons. The van der Waals surface area contributed by atoms with Crippen LogP contribution in [0.25, 0.3) is 10.9 Å². The molecule has 4 rings (SSSR count). The summed E-state index contributed by atoms with van der Waals surface area (Å²) in [7, 11) is 0. The first-order chi connectivity index (χ1) is 15.3. The molecule has 32 heavy (non-hydrogen) atoms. The summed E-state index contributed by atoms with van der Waals surface area (Å²) in [6.45, 7) is 4.10. The Kier molecular flexibility index (Phi) is 6.65. The van der Waals surface area contributed by atoms with E-state index in [4.69, 9.17) is 27.9 Å². The third-order valence-corrected chi connectivity index (χ3v) is 5.83. The second-order valence-electron chi connectivity index (χ2n) is 7.27.